The van der Waals surface area contributed by atoms with E-state index in [1.807, 2.05) is 30.3 Å². The van der Waals surface area contributed by atoms with Gasteiger partial charge in [-0.05, 0) is 61.6 Å². The van der Waals surface area contributed by atoms with Crippen LogP contribution in [-0.2, 0) is 17.6 Å². The van der Waals surface area contributed by atoms with Crippen molar-refractivity contribution >= 4 is 34.5 Å². The third-order valence-corrected chi connectivity index (χ3v) is 6.60. The molecule has 3 N–H and O–H groups in total. The largest absolute Gasteiger partial charge is 0.371 e. The highest BCUT2D eigenvalue weighted by atomic mass is 32.1. The van der Waals surface area contributed by atoms with E-state index in [1.54, 1.807) is 11.3 Å². The summed E-state index contributed by atoms with van der Waals surface area (Å²) in [6.45, 7) is 5.95. The maximum atomic E-state index is 12.6. The molecule has 28 heavy (non-hydrogen) atoms. The molecule has 0 spiro atoms. The van der Waals surface area contributed by atoms with Gasteiger partial charge in [0.05, 0.1) is 4.88 Å². The predicted molar refractivity (Wildman–Crippen MR) is 116 cm³/mol. The molecule has 1 fully saturated rings. The van der Waals surface area contributed by atoms with Crippen molar-refractivity contribution in [3.63, 3.8) is 0 Å². The summed E-state index contributed by atoms with van der Waals surface area (Å²) < 4.78 is 0. The quantitative estimate of drug-likeness (QED) is 0.732. The van der Waals surface area contributed by atoms with Gasteiger partial charge in [-0.1, -0.05) is 20.3 Å². The lowest BCUT2D eigenvalue weighted by Gasteiger charge is -2.32. The minimum atomic E-state index is -0.195. The van der Waals surface area contributed by atoms with E-state index in [2.05, 4.69) is 24.1 Å². The SMILES string of the molecule is CCCc1sc(C(=O)Nc2ccc(N3CCC(C(N)=O)CC3)cc2)cc1CC. The number of nitrogens with two attached hydrogens (primary N) is 1. The molecule has 0 radical (unpaired) electrons. The number of piperidine rings is 1. The van der Waals surface area contributed by atoms with Crippen molar-refractivity contribution in [3.05, 3.63) is 45.6 Å². The zero-order chi connectivity index (χ0) is 20.1. The number of amides is 2. The summed E-state index contributed by atoms with van der Waals surface area (Å²) in [6, 6.07) is 9.95. The van der Waals surface area contributed by atoms with Crippen LogP contribution in [-0.4, -0.2) is 24.9 Å². The van der Waals surface area contributed by atoms with Gasteiger partial charge in [-0.15, -0.1) is 11.3 Å². The summed E-state index contributed by atoms with van der Waals surface area (Å²) in [5.74, 6) is -0.247. The van der Waals surface area contributed by atoms with Crippen LogP contribution in [0, 0.1) is 5.92 Å². The predicted octanol–water partition coefficient (Wildman–Crippen LogP) is 4.22. The van der Waals surface area contributed by atoms with Crippen LogP contribution in [0.2, 0.25) is 0 Å². The number of hydrogen-bond acceptors (Lipinski definition) is 4. The van der Waals surface area contributed by atoms with E-state index in [4.69, 9.17) is 5.73 Å². The van der Waals surface area contributed by atoms with Crippen molar-refractivity contribution in [1.29, 1.82) is 0 Å². The Labute approximate surface area is 170 Å². The molecule has 0 saturated carbocycles. The highest BCUT2D eigenvalue weighted by Crippen LogP contribution is 2.27. The van der Waals surface area contributed by atoms with Crippen LogP contribution in [0.5, 0.6) is 0 Å². The number of rotatable bonds is 7. The van der Waals surface area contributed by atoms with E-state index in [0.717, 1.165) is 61.4 Å². The average Bonchev–Trinajstić information content (AvgIpc) is 3.12. The van der Waals surface area contributed by atoms with Crippen LogP contribution < -0.4 is 16.0 Å². The summed E-state index contributed by atoms with van der Waals surface area (Å²) >= 11 is 1.61. The Bertz CT molecular complexity index is 821. The first-order chi connectivity index (χ1) is 13.5. The fourth-order valence-corrected chi connectivity index (χ4v) is 4.94. The van der Waals surface area contributed by atoms with E-state index >= 15 is 0 Å². The summed E-state index contributed by atoms with van der Waals surface area (Å²) in [5.41, 5.74) is 8.59. The van der Waals surface area contributed by atoms with E-state index in [1.165, 1.54) is 10.4 Å². The van der Waals surface area contributed by atoms with Gasteiger partial charge in [0.1, 0.15) is 0 Å². The second kappa shape index (κ2) is 9.24. The molecule has 1 aromatic heterocycles. The maximum absolute atomic E-state index is 12.6. The smallest absolute Gasteiger partial charge is 0.265 e. The van der Waals surface area contributed by atoms with Gasteiger partial charge < -0.3 is 16.0 Å². The Morgan fingerprint density at radius 2 is 1.86 bits per heavy atom. The van der Waals surface area contributed by atoms with Crippen LogP contribution in [0.3, 0.4) is 0 Å². The minimum Gasteiger partial charge on any atom is -0.371 e. The second-order valence-corrected chi connectivity index (χ2v) is 8.46. The maximum Gasteiger partial charge on any atom is 0.265 e. The minimum absolute atomic E-state index is 0.00813. The number of nitrogens with zero attached hydrogens (tertiary/aromatic N) is 1. The number of anilines is 2. The highest BCUT2D eigenvalue weighted by Gasteiger charge is 2.23. The van der Waals surface area contributed by atoms with Crippen molar-refractivity contribution in [2.45, 2.75) is 46.0 Å². The molecule has 0 aliphatic carbocycles. The molecule has 2 amide bonds. The lowest BCUT2D eigenvalue weighted by Crippen LogP contribution is -2.38. The Balaban J connectivity index is 1.61. The molecule has 3 rings (SSSR count). The topological polar surface area (TPSA) is 75.4 Å². The van der Waals surface area contributed by atoms with Crippen molar-refractivity contribution in [2.24, 2.45) is 11.7 Å². The molecule has 1 saturated heterocycles. The molecular weight excluding hydrogens is 370 g/mol. The molecule has 0 atom stereocenters. The van der Waals surface area contributed by atoms with Crippen LogP contribution in [0.15, 0.2) is 30.3 Å². The molecule has 1 aromatic carbocycles. The second-order valence-electron chi connectivity index (χ2n) is 7.33. The van der Waals surface area contributed by atoms with Gasteiger partial charge in [-0.2, -0.15) is 0 Å². The van der Waals surface area contributed by atoms with E-state index < -0.39 is 0 Å². The number of aryl methyl sites for hydroxylation is 2. The van der Waals surface area contributed by atoms with Gasteiger partial charge in [-0.3, -0.25) is 9.59 Å². The fraction of sp³-hybridized carbons (Fsp3) is 0.455. The number of nitrogens with one attached hydrogen (secondary N) is 1. The first kappa shape index (κ1) is 20.4. The van der Waals surface area contributed by atoms with Crippen LogP contribution >= 0.6 is 11.3 Å². The number of carbonyl (C=O) groups excluding carboxylic acids is 2. The van der Waals surface area contributed by atoms with Gasteiger partial charge in [0.25, 0.3) is 5.91 Å². The molecular formula is C22H29N3O2S. The van der Waals surface area contributed by atoms with Gasteiger partial charge >= 0.3 is 0 Å². The Morgan fingerprint density at radius 1 is 1.18 bits per heavy atom. The molecule has 5 nitrogen and oxygen atoms in total. The number of primary amides is 1. The number of thiophene rings is 1. The number of benzene rings is 1. The molecule has 1 aliphatic rings. The molecule has 0 unspecified atom stereocenters. The third-order valence-electron chi connectivity index (χ3n) is 5.37. The van der Waals surface area contributed by atoms with Crippen LogP contribution in [0.1, 0.15) is 53.2 Å². The van der Waals surface area contributed by atoms with Crippen LogP contribution in [0.25, 0.3) is 0 Å². The fourth-order valence-electron chi connectivity index (χ4n) is 3.69. The van der Waals surface area contributed by atoms with Crippen molar-refractivity contribution in [1.82, 2.24) is 0 Å². The zero-order valence-corrected chi connectivity index (χ0v) is 17.5. The summed E-state index contributed by atoms with van der Waals surface area (Å²) in [5, 5.41) is 3.01. The summed E-state index contributed by atoms with van der Waals surface area (Å²) in [6.07, 6.45) is 4.67. The average molecular weight is 400 g/mol. The van der Waals surface area contributed by atoms with Gasteiger partial charge in [0, 0.05) is 35.3 Å². The number of hydrogen-bond donors (Lipinski definition) is 2. The molecule has 150 valence electrons. The summed E-state index contributed by atoms with van der Waals surface area (Å²) in [4.78, 5) is 28.3. The van der Waals surface area contributed by atoms with Gasteiger partial charge in [0.2, 0.25) is 5.91 Å². The molecule has 0 bridgehead atoms. The first-order valence-corrected chi connectivity index (χ1v) is 10.9. The van der Waals surface area contributed by atoms with E-state index in [9.17, 15) is 9.59 Å². The lowest BCUT2D eigenvalue weighted by molar-refractivity contribution is -0.122. The lowest BCUT2D eigenvalue weighted by atomic mass is 9.96. The Morgan fingerprint density at radius 3 is 2.43 bits per heavy atom. The normalized spacial score (nSPS) is 14.9. The van der Waals surface area contributed by atoms with E-state index in [0.29, 0.717) is 0 Å². The molecule has 2 aromatic rings. The number of carbonyl (C=O) groups is 2. The molecule has 2 heterocycles. The van der Waals surface area contributed by atoms with Crippen molar-refractivity contribution in [2.75, 3.05) is 23.3 Å². The summed E-state index contributed by atoms with van der Waals surface area (Å²) in [7, 11) is 0. The Kier molecular flexibility index (Phi) is 6.73. The molecule has 1 aliphatic heterocycles. The Hall–Kier alpha value is -2.34. The molecule has 6 heteroatoms. The first-order valence-electron chi connectivity index (χ1n) is 10.1. The monoisotopic (exact) mass is 399 g/mol. The van der Waals surface area contributed by atoms with Gasteiger partial charge in [-0.25, -0.2) is 0 Å². The highest BCUT2D eigenvalue weighted by molar-refractivity contribution is 7.14. The van der Waals surface area contributed by atoms with Crippen molar-refractivity contribution in [3.8, 4) is 0 Å². The van der Waals surface area contributed by atoms with Gasteiger partial charge in [0.15, 0.2) is 0 Å². The van der Waals surface area contributed by atoms with Crippen LogP contribution in [0.4, 0.5) is 11.4 Å². The van der Waals surface area contributed by atoms with E-state index in [-0.39, 0.29) is 17.7 Å². The zero-order valence-electron chi connectivity index (χ0n) is 16.7. The third kappa shape index (κ3) is 4.73. The standard InChI is InChI=1S/C22H29N3O2S/c1-3-5-19-15(4-2)14-20(28-19)22(27)24-17-6-8-18(9-7-17)25-12-10-16(11-13-25)21(23)26/h6-9,14,16H,3-5,10-13H2,1-2H3,(H2,23,26)(H,24,27). The van der Waals surface area contributed by atoms with Crippen molar-refractivity contribution < 1.29 is 9.59 Å².